The van der Waals surface area contributed by atoms with Crippen molar-refractivity contribution in [1.82, 2.24) is 0 Å². The number of carbonyl (C=O) groups excluding carboxylic acids is 3. The fourth-order valence-corrected chi connectivity index (χ4v) is 3.40. The molecule has 14 heteroatoms. The lowest BCUT2D eigenvalue weighted by molar-refractivity contribution is -0.327. The maximum absolute atomic E-state index is 11.6. The zero-order valence-corrected chi connectivity index (χ0v) is 17.6. The number of hydrogen-bond donors (Lipinski definition) is 5. The predicted octanol–water partition coefficient (Wildman–Crippen LogP) is -3.68. The Morgan fingerprint density at radius 2 is 1.25 bits per heavy atom. The van der Waals surface area contributed by atoms with Crippen molar-refractivity contribution in [2.75, 3.05) is 13.2 Å². The van der Waals surface area contributed by atoms with Crippen LogP contribution in [0.5, 0.6) is 0 Å². The van der Waals surface area contributed by atoms with Gasteiger partial charge >= 0.3 is 17.9 Å². The third kappa shape index (κ3) is 6.32. The molecule has 2 rings (SSSR count). The number of carbonyl (C=O) groups is 3. The number of aliphatic hydroxyl groups excluding tert-OH is 5. The van der Waals surface area contributed by atoms with Crippen LogP contribution in [0.1, 0.15) is 20.8 Å². The number of ether oxygens (including phenoxy) is 6. The lowest BCUT2D eigenvalue weighted by Gasteiger charge is -2.44. The van der Waals surface area contributed by atoms with Crippen LogP contribution in [0.2, 0.25) is 0 Å². The number of aliphatic hydroxyl groups is 5. The molecule has 0 bridgehead atoms. The second-order valence-electron chi connectivity index (χ2n) is 7.32. The fourth-order valence-electron chi connectivity index (χ4n) is 3.40. The quantitative estimate of drug-likeness (QED) is 0.180. The van der Waals surface area contributed by atoms with E-state index in [4.69, 9.17) is 28.4 Å². The third-order valence-electron chi connectivity index (χ3n) is 4.79. The van der Waals surface area contributed by atoms with Gasteiger partial charge in [-0.25, -0.2) is 0 Å². The van der Waals surface area contributed by atoms with Gasteiger partial charge in [0.05, 0.1) is 13.2 Å². The second kappa shape index (κ2) is 11.3. The SMILES string of the molecule is CC(=O)O[C@H]1[C@H](OC(C)=O)[C@@H](OC(C)=O)C(O)O[C@@H]1CO[C@@H]1O[C@H](CO)[C@H](O)[C@H](O)[C@H]1O. The van der Waals surface area contributed by atoms with Gasteiger partial charge in [0.1, 0.15) is 30.5 Å². The molecule has 2 heterocycles. The molecule has 10 atom stereocenters. The molecule has 0 aliphatic carbocycles. The summed E-state index contributed by atoms with van der Waals surface area (Å²) < 4.78 is 31.2. The molecule has 0 aromatic carbocycles. The van der Waals surface area contributed by atoms with E-state index in [0.29, 0.717) is 0 Å². The summed E-state index contributed by atoms with van der Waals surface area (Å²) in [4.78, 5) is 34.6. The smallest absolute Gasteiger partial charge is 0.303 e. The van der Waals surface area contributed by atoms with Gasteiger partial charge in [0.15, 0.2) is 30.9 Å². The number of esters is 3. The van der Waals surface area contributed by atoms with Crippen LogP contribution >= 0.6 is 0 Å². The summed E-state index contributed by atoms with van der Waals surface area (Å²) in [5.74, 6) is -2.47. The fraction of sp³-hybridized carbons (Fsp3) is 0.833. The summed E-state index contributed by atoms with van der Waals surface area (Å²) in [6.45, 7) is 1.94. The molecule has 0 saturated carbocycles. The number of rotatable bonds is 7. The highest BCUT2D eigenvalue weighted by molar-refractivity contribution is 5.68. The molecular formula is C18H28O14. The summed E-state index contributed by atoms with van der Waals surface area (Å²) in [5, 5.41) is 49.3. The van der Waals surface area contributed by atoms with Gasteiger partial charge in [0.2, 0.25) is 0 Å². The Morgan fingerprint density at radius 1 is 0.719 bits per heavy atom. The van der Waals surface area contributed by atoms with Crippen molar-refractivity contribution in [3.05, 3.63) is 0 Å². The van der Waals surface area contributed by atoms with Crippen LogP contribution in [0.3, 0.4) is 0 Å². The van der Waals surface area contributed by atoms with Gasteiger partial charge < -0.3 is 54.0 Å². The summed E-state index contributed by atoms with van der Waals surface area (Å²) in [5.41, 5.74) is 0. The van der Waals surface area contributed by atoms with Crippen LogP contribution < -0.4 is 0 Å². The van der Waals surface area contributed by atoms with Gasteiger partial charge in [-0.15, -0.1) is 0 Å². The minimum atomic E-state index is -1.81. The van der Waals surface area contributed by atoms with Gasteiger partial charge in [-0.1, -0.05) is 0 Å². The first-order valence-corrected chi connectivity index (χ1v) is 9.73. The summed E-state index contributed by atoms with van der Waals surface area (Å²) in [6.07, 6.45) is -15.3. The zero-order valence-electron chi connectivity index (χ0n) is 17.6. The van der Waals surface area contributed by atoms with Crippen molar-refractivity contribution >= 4 is 17.9 Å². The molecule has 2 aliphatic heterocycles. The molecular weight excluding hydrogens is 440 g/mol. The lowest BCUT2D eigenvalue weighted by atomic mass is 9.97. The minimum absolute atomic E-state index is 0.539. The summed E-state index contributed by atoms with van der Waals surface area (Å²) >= 11 is 0. The highest BCUT2D eigenvalue weighted by atomic mass is 16.7. The first kappa shape index (κ1) is 26.3. The van der Waals surface area contributed by atoms with E-state index in [1.807, 2.05) is 0 Å². The Kier molecular flexibility index (Phi) is 9.29. The highest BCUT2D eigenvalue weighted by Crippen LogP contribution is 2.29. The average molecular weight is 468 g/mol. The van der Waals surface area contributed by atoms with Crippen molar-refractivity contribution in [1.29, 1.82) is 0 Å². The van der Waals surface area contributed by atoms with E-state index in [-0.39, 0.29) is 0 Å². The Hall–Kier alpha value is -1.91. The Bertz CT molecular complexity index is 668. The van der Waals surface area contributed by atoms with Crippen molar-refractivity contribution in [2.45, 2.75) is 82.2 Å². The molecule has 2 fully saturated rings. The zero-order chi connectivity index (χ0) is 24.2. The van der Waals surface area contributed by atoms with Crippen LogP contribution in [-0.2, 0) is 42.8 Å². The molecule has 2 aliphatic rings. The van der Waals surface area contributed by atoms with Gasteiger partial charge in [0, 0.05) is 20.8 Å². The van der Waals surface area contributed by atoms with Crippen LogP contribution in [0.15, 0.2) is 0 Å². The molecule has 14 nitrogen and oxygen atoms in total. The molecule has 2 saturated heterocycles. The lowest BCUT2D eigenvalue weighted by Crippen LogP contribution is -2.63. The molecule has 184 valence electrons. The standard InChI is InChI=1S/C18H28O14/c1-6(20)28-14-10(5-27-18-13(25)12(24)11(23)9(4-19)32-18)31-17(26)16(30-8(3)22)15(14)29-7(2)21/h9-19,23-26H,4-5H2,1-3H3/t9-,10-,11+,12+,13-,14-,15+,16-,17?,18-/m1/s1. The van der Waals surface area contributed by atoms with Crippen molar-refractivity contribution in [3.8, 4) is 0 Å². The monoisotopic (exact) mass is 468 g/mol. The van der Waals surface area contributed by atoms with Crippen LogP contribution in [-0.4, -0.2) is 118 Å². The van der Waals surface area contributed by atoms with Gasteiger partial charge in [0.25, 0.3) is 0 Å². The van der Waals surface area contributed by atoms with Crippen molar-refractivity contribution in [2.24, 2.45) is 0 Å². The average Bonchev–Trinajstić information content (AvgIpc) is 2.70. The van der Waals surface area contributed by atoms with Crippen LogP contribution in [0.25, 0.3) is 0 Å². The van der Waals surface area contributed by atoms with Crippen LogP contribution in [0.4, 0.5) is 0 Å². The van der Waals surface area contributed by atoms with E-state index in [2.05, 4.69) is 0 Å². The van der Waals surface area contributed by atoms with Gasteiger partial charge in [-0.3, -0.25) is 14.4 Å². The van der Waals surface area contributed by atoms with E-state index >= 15 is 0 Å². The molecule has 0 aromatic rings. The van der Waals surface area contributed by atoms with E-state index in [9.17, 15) is 39.9 Å². The Balaban J connectivity index is 2.21. The summed E-state index contributed by atoms with van der Waals surface area (Å²) in [7, 11) is 0. The second-order valence-corrected chi connectivity index (χ2v) is 7.32. The first-order chi connectivity index (χ1) is 15.0. The molecule has 0 radical (unpaired) electrons. The first-order valence-electron chi connectivity index (χ1n) is 9.73. The maximum Gasteiger partial charge on any atom is 0.303 e. The molecule has 32 heavy (non-hydrogen) atoms. The van der Waals surface area contributed by atoms with Gasteiger partial charge in [-0.05, 0) is 0 Å². The number of hydrogen-bond acceptors (Lipinski definition) is 14. The normalized spacial score (nSPS) is 39.8. The molecule has 0 amide bonds. The molecule has 0 aromatic heterocycles. The topological polar surface area (TPSA) is 208 Å². The summed E-state index contributed by atoms with van der Waals surface area (Å²) in [6, 6.07) is 0. The van der Waals surface area contributed by atoms with E-state index in [0.717, 1.165) is 20.8 Å². The van der Waals surface area contributed by atoms with Crippen molar-refractivity contribution in [3.63, 3.8) is 0 Å². The highest BCUT2D eigenvalue weighted by Gasteiger charge is 2.52. The van der Waals surface area contributed by atoms with Gasteiger partial charge in [-0.2, -0.15) is 0 Å². The Labute approximate surface area is 182 Å². The van der Waals surface area contributed by atoms with E-state index < -0.39 is 92.5 Å². The Morgan fingerprint density at radius 3 is 1.78 bits per heavy atom. The largest absolute Gasteiger partial charge is 0.456 e. The van der Waals surface area contributed by atoms with Crippen LogP contribution in [0, 0.1) is 0 Å². The van der Waals surface area contributed by atoms with E-state index in [1.165, 1.54) is 0 Å². The molecule has 0 spiro atoms. The van der Waals surface area contributed by atoms with Crippen molar-refractivity contribution < 1.29 is 68.3 Å². The molecule has 1 unspecified atom stereocenters. The minimum Gasteiger partial charge on any atom is -0.456 e. The molecule has 5 N–H and O–H groups in total. The maximum atomic E-state index is 11.6. The van der Waals surface area contributed by atoms with E-state index in [1.54, 1.807) is 0 Å². The predicted molar refractivity (Wildman–Crippen MR) is 97.3 cm³/mol. The third-order valence-corrected chi connectivity index (χ3v) is 4.79.